The van der Waals surface area contributed by atoms with Crippen LogP contribution < -0.4 is 5.32 Å². The molecule has 1 aliphatic rings. The largest absolute Gasteiger partial charge is 0.316 e. The van der Waals surface area contributed by atoms with E-state index in [1.165, 1.54) is 0 Å². The summed E-state index contributed by atoms with van der Waals surface area (Å²) in [6, 6.07) is 0. The van der Waals surface area contributed by atoms with E-state index in [1.54, 1.807) is 0 Å². The molecule has 1 fully saturated rings. The Morgan fingerprint density at radius 2 is 2.27 bits per heavy atom. The summed E-state index contributed by atoms with van der Waals surface area (Å²) in [5.41, 5.74) is 0. The van der Waals surface area contributed by atoms with Crippen molar-refractivity contribution in [2.45, 2.75) is 32.9 Å². The molecule has 1 saturated heterocycles. The molecule has 0 aromatic heterocycles. The van der Waals surface area contributed by atoms with Crippen molar-refractivity contribution in [3.8, 4) is 0 Å². The van der Waals surface area contributed by atoms with Crippen LogP contribution in [0.3, 0.4) is 0 Å². The van der Waals surface area contributed by atoms with Gasteiger partial charge in [-0.1, -0.05) is 13.8 Å². The molecular formula is C9H18FN. The Morgan fingerprint density at radius 3 is 2.73 bits per heavy atom. The van der Waals surface area contributed by atoms with E-state index in [4.69, 9.17) is 0 Å². The van der Waals surface area contributed by atoms with Crippen molar-refractivity contribution in [1.29, 1.82) is 0 Å². The number of hydrogen-bond donors (Lipinski definition) is 1. The highest BCUT2D eigenvalue weighted by Crippen LogP contribution is 2.21. The quantitative estimate of drug-likeness (QED) is 0.664. The molecule has 0 spiro atoms. The zero-order valence-electron chi connectivity index (χ0n) is 7.44. The summed E-state index contributed by atoms with van der Waals surface area (Å²) in [5, 5.41) is 3.19. The van der Waals surface area contributed by atoms with E-state index in [1.807, 2.05) is 0 Å². The van der Waals surface area contributed by atoms with E-state index in [9.17, 15) is 4.39 Å². The Labute approximate surface area is 68.4 Å². The van der Waals surface area contributed by atoms with Gasteiger partial charge in [0, 0.05) is 12.5 Å². The summed E-state index contributed by atoms with van der Waals surface area (Å²) >= 11 is 0. The molecule has 1 rings (SSSR count). The van der Waals surface area contributed by atoms with E-state index < -0.39 is 6.17 Å². The molecule has 0 saturated carbocycles. The second kappa shape index (κ2) is 4.05. The third kappa shape index (κ3) is 2.78. The van der Waals surface area contributed by atoms with Crippen molar-refractivity contribution < 1.29 is 4.39 Å². The van der Waals surface area contributed by atoms with Crippen LogP contribution >= 0.6 is 0 Å². The van der Waals surface area contributed by atoms with E-state index in [2.05, 4.69) is 19.2 Å². The van der Waals surface area contributed by atoms with E-state index >= 15 is 0 Å². The van der Waals surface area contributed by atoms with Gasteiger partial charge in [0.2, 0.25) is 0 Å². The lowest BCUT2D eigenvalue weighted by atomic mass is 9.95. The van der Waals surface area contributed by atoms with Crippen LogP contribution in [-0.4, -0.2) is 19.3 Å². The lowest BCUT2D eigenvalue weighted by Crippen LogP contribution is -2.20. The Morgan fingerprint density at radius 1 is 1.55 bits per heavy atom. The molecular weight excluding hydrogens is 141 g/mol. The minimum Gasteiger partial charge on any atom is -0.316 e. The van der Waals surface area contributed by atoms with Crippen LogP contribution in [0, 0.1) is 11.8 Å². The standard InChI is InChI=1S/C9H18FN/c1-7(2)5-9(10)8-3-4-11-6-8/h7-9,11H,3-6H2,1-2H3. The van der Waals surface area contributed by atoms with Crippen LogP contribution in [0.2, 0.25) is 0 Å². The molecule has 2 atom stereocenters. The summed E-state index contributed by atoms with van der Waals surface area (Å²) in [5.74, 6) is 0.781. The van der Waals surface area contributed by atoms with Gasteiger partial charge in [-0.3, -0.25) is 0 Å². The van der Waals surface area contributed by atoms with Gasteiger partial charge >= 0.3 is 0 Å². The normalized spacial score (nSPS) is 27.8. The fourth-order valence-electron chi connectivity index (χ4n) is 1.63. The lowest BCUT2D eigenvalue weighted by Gasteiger charge is -2.16. The van der Waals surface area contributed by atoms with Crippen molar-refractivity contribution in [1.82, 2.24) is 5.32 Å². The average Bonchev–Trinajstić information content (AvgIpc) is 2.35. The molecule has 2 heteroatoms. The van der Waals surface area contributed by atoms with Crippen LogP contribution in [0.4, 0.5) is 4.39 Å². The van der Waals surface area contributed by atoms with E-state index in [-0.39, 0.29) is 5.92 Å². The summed E-state index contributed by atoms with van der Waals surface area (Å²) in [6.07, 6.45) is 1.17. The average molecular weight is 159 g/mol. The van der Waals surface area contributed by atoms with Gasteiger partial charge in [0.05, 0.1) is 0 Å². The summed E-state index contributed by atoms with van der Waals surface area (Å²) in [7, 11) is 0. The molecule has 0 amide bonds. The predicted molar refractivity (Wildman–Crippen MR) is 45.3 cm³/mol. The smallest absolute Gasteiger partial charge is 0.104 e. The van der Waals surface area contributed by atoms with Crippen molar-refractivity contribution in [3.63, 3.8) is 0 Å². The second-order valence-electron chi connectivity index (χ2n) is 3.90. The maximum absolute atomic E-state index is 13.3. The lowest BCUT2D eigenvalue weighted by molar-refractivity contribution is 0.205. The first-order valence-electron chi connectivity index (χ1n) is 4.55. The Hall–Kier alpha value is -0.110. The third-order valence-corrected chi connectivity index (χ3v) is 2.31. The van der Waals surface area contributed by atoms with Gasteiger partial charge in [-0.2, -0.15) is 0 Å². The molecule has 0 aromatic rings. The molecule has 1 heterocycles. The van der Waals surface area contributed by atoms with Crippen molar-refractivity contribution in [2.24, 2.45) is 11.8 Å². The maximum Gasteiger partial charge on any atom is 0.104 e. The first-order valence-corrected chi connectivity index (χ1v) is 4.55. The molecule has 1 aliphatic heterocycles. The number of hydrogen-bond acceptors (Lipinski definition) is 1. The van der Waals surface area contributed by atoms with Gasteiger partial charge in [0.15, 0.2) is 0 Å². The van der Waals surface area contributed by atoms with Gasteiger partial charge < -0.3 is 5.32 Å². The zero-order chi connectivity index (χ0) is 8.27. The fraction of sp³-hybridized carbons (Fsp3) is 1.00. The van der Waals surface area contributed by atoms with Gasteiger partial charge in [0.25, 0.3) is 0 Å². The maximum atomic E-state index is 13.3. The van der Waals surface area contributed by atoms with Crippen molar-refractivity contribution >= 4 is 0 Å². The molecule has 11 heavy (non-hydrogen) atoms. The van der Waals surface area contributed by atoms with Gasteiger partial charge in [-0.15, -0.1) is 0 Å². The minimum atomic E-state index is -0.579. The van der Waals surface area contributed by atoms with E-state index in [0.717, 1.165) is 25.9 Å². The molecule has 0 bridgehead atoms. The van der Waals surface area contributed by atoms with Crippen LogP contribution in [0.5, 0.6) is 0 Å². The number of alkyl halides is 1. The van der Waals surface area contributed by atoms with Crippen LogP contribution in [0.25, 0.3) is 0 Å². The van der Waals surface area contributed by atoms with Crippen molar-refractivity contribution in [3.05, 3.63) is 0 Å². The first kappa shape index (κ1) is 8.98. The van der Waals surface area contributed by atoms with Crippen LogP contribution in [0.15, 0.2) is 0 Å². The Kier molecular flexibility index (Phi) is 3.31. The Balaban J connectivity index is 2.22. The molecule has 1 N–H and O–H groups in total. The minimum absolute atomic E-state index is 0.289. The second-order valence-corrected chi connectivity index (χ2v) is 3.90. The SMILES string of the molecule is CC(C)CC(F)C1CCNC1. The van der Waals surface area contributed by atoms with Gasteiger partial charge in [-0.05, 0) is 25.3 Å². The highest BCUT2D eigenvalue weighted by Gasteiger charge is 2.24. The molecule has 0 radical (unpaired) electrons. The van der Waals surface area contributed by atoms with Gasteiger partial charge in [0.1, 0.15) is 6.17 Å². The van der Waals surface area contributed by atoms with Crippen LogP contribution in [-0.2, 0) is 0 Å². The fourth-order valence-corrected chi connectivity index (χ4v) is 1.63. The molecule has 2 unspecified atom stereocenters. The highest BCUT2D eigenvalue weighted by atomic mass is 19.1. The number of halogens is 1. The first-order chi connectivity index (χ1) is 5.20. The van der Waals surface area contributed by atoms with Crippen molar-refractivity contribution in [2.75, 3.05) is 13.1 Å². The monoisotopic (exact) mass is 159 g/mol. The van der Waals surface area contributed by atoms with Crippen LogP contribution in [0.1, 0.15) is 26.7 Å². The molecule has 0 aliphatic carbocycles. The predicted octanol–water partition coefficient (Wildman–Crippen LogP) is 1.98. The topological polar surface area (TPSA) is 12.0 Å². The summed E-state index contributed by atoms with van der Waals surface area (Å²) in [4.78, 5) is 0. The Bertz CT molecular complexity index is 108. The van der Waals surface area contributed by atoms with E-state index in [0.29, 0.717) is 5.92 Å². The highest BCUT2D eigenvalue weighted by molar-refractivity contribution is 4.78. The number of nitrogens with one attached hydrogen (secondary N) is 1. The third-order valence-electron chi connectivity index (χ3n) is 2.31. The van der Waals surface area contributed by atoms with Gasteiger partial charge in [-0.25, -0.2) is 4.39 Å². The molecule has 1 nitrogen and oxygen atoms in total. The molecule has 0 aromatic carbocycles. The summed E-state index contributed by atoms with van der Waals surface area (Å²) in [6.45, 7) is 6.04. The zero-order valence-corrected chi connectivity index (χ0v) is 7.44. The molecule has 66 valence electrons. The summed E-state index contributed by atoms with van der Waals surface area (Å²) < 4.78 is 13.3. The number of rotatable bonds is 3.